The van der Waals surface area contributed by atoms with Crippen molar-refractivity contribution in [3.8, 4) is 0 Å². The van der Waals surface area contributed by atoms with E-state index in [1.165, 1.54) is 31.4 Å². The topological polar surface area (TPSA) is 16.1 Å². The average Bonchev–Trinajstić information content (AvgIpc) is 2.30. The molecule has 94 valence electrons. The highest BCUT2D eigenvalue weighted by atomic mass is 35.5. The first-order valence-electron chi connectivity index (χ1n) is 6.53. The average molecular weight is 253 g/mol. The van der Waals surface area contributed by atoms with E-state index in [1.54, 1.807) is 6.20 Å². The minimum Gasteiger partial charge on any atom is -0.296 e. The van der Waals surface area contributed by atoms with Crippen molar-refractivity contribution in [3.05, 3.63) is 29.0 Å². The van der Waals surface area contributed by atoms with Gasteiger partial charge in [0.15, 0.2) is 0 Å². The van der Waals surface area contributed by atoms with Crippen LogP contribution < -0.4 is 0 Å². The number of piperidine rings is 1. The minimum atomic E-state index is 0.465. The molecule has 2 nitrogen and oxygen atoms in total. The van der Waals surface area contributed by atoms with Gasteiger partial charge in [0.2, 0.25) is 0 Å². The van der Waals surface area contributed by atoms with Crippen LogP contribution in [0.15, 0.2) is 18.3 Å². The molecule has 1 aromatic heterocycles. The Labute approximate surface area is 109 Å². The maximum absolute atomic E-state index is 6.22. The molecule has 17 heavy (non-hydrogen) atoms. The highest BCUT2D eigenvalue weighted by molar-refractivity contribution is 6.30. The SMILES string of the molecule is CC(C)CN1CCCC[C@@H]1c1cccnc1Cl. The zero-order valence-corrected chi connectivity index (χ0v) is 11.5. The summed E-state index contributed by atoms with van der Waals surface area (Å²) in [5.41, 5.74) is 1.20. The molecule has 0 N–H and O–H groups in total. The van der Waals surface area contributed by atoms with Crippen molar-refractivity contribution >= 4 is 11.6 Å². The van der Waals surface area contributed by atoms with Crippen LogP contribution in [-0.2, 0) is 0 Å². The number of halogens is 1. The fourth-order valence-corrected chi connectivity index (χ4v) is 2.92. The minimum absolute atomic E-state index is 0.465. The van der Waals surface area contributed by atoms with Crippen LogP contribution in [0, 0.1) is 5.92 Å². The van der Waals surface area contributed by atoms with Gasteiger partial charge in [0.05, 0.1) is 0 Å². The Morgan fingerprint density at radius 2 is 2.29 bits per heavy atom. The fraction of sp³-hybridized carbons (Fsp3) is 0.643. The van der Waals surface area contributed by atoms with Crippen molar-refractivity contribution in [1.82, 2.24) is 9.88 Å². The second kappa shape index (κ2) is 5.83. The van der Waals surface area contributed by atoms with Gasteiger partial charge in [-0.1, -0.05) is 37.9 Å². The number of likely N-dealkylation sites (tertiary alicyclic amines) is 1. The molecule has 0 unspecified atom stereocenters. The first kappa shape index (κ1) is 12.8. The van der Waals surface area contributed by atoms with E-state index < -0.39 is 0 Å². The number of rotatable bonds is 3. The summed E-state index contributed by atoms with van der Waals surface area (Å²) in [5, 5.41) is 0.674. The van der Waals surface area contributed by atoms with Crippen LogP contribution in [0.4, 0.5) is 0 Å². The van der Waals surface area contributed by atoms with Crippen molar-refractivity contribution in [2.45, 2.75) is 39.2 Å². The molecule has 0 aliphatic carbocycles. The molecule has 0 radical (unpaired) electrons. The molecule has 2 heterocycles. The third kappa shape index (κ3) is 3.20. The lowest BCUT2D eigenvalue weighted by molar-refractivity contribution is 0.132. The highest BCUT2D eigenvalue weighted by Crippen LogP contribution is 2.34. The lowest BCUT2D eigenvalue weighted by Crippen LogP contribution is -2.36. The Morgan fingerprint density at radius 3 is 3.00 bits per heavy atom. The van der Waals surface area contributed by atoms with E-state index >= 15 is 0 Å². The molecule has 2 rings (SSSR count). The summed E-state index contributed by atoms with van der Waals surface area (Å²) in [5.74, 6) is 0.700. The summed E-state index contributed by atoms with van der Waals surface area (Å²) in [6.07, 6.45) is 5.57. The Kier molecular flexibility index (Phi) is 4.41. The Balaban J connectivity index is 2.19. The third-order valence-corrected chi connectivity index (χ3v) is 3.68. The van der Waals surface area contributed by atoms with Crippen molar-refractivity contribution < 1.29 is 0 Å². The molecule has 3 heteroatoms. The Morgan fingerprint density at radius 1 is 1.47 bits per heavy atom. The van der Waals surface area contributed by atoms with Crippen molar-refractivity contribution in [2.75, 3.05) is 13.1 Å². The summed E-state index contributed by atoms with van der Waals surface area (Å²) >= 11 is 6.22. The molecule has 0 aromatic carbocycles. The fourth-order valence-electron chi connectivity index (χ4n) is 2.68. The van der Waals surface area contributed by atoms with Gasteiger partial charge in [-0.15, -0.1) is 0 Å². The molecule has 1 fully saturated rings. The van der Waals surface area contributed by atoms with Gasteiger partial charge in [0.1, 0.15) is 5.15 Å². The summed E-state index contributed by atoms with van der Waals surface area (Å²) < 4.78 is 0. The predicted octanol–water partition coefficient (Wildman–Crippen LogP) is 3.92. The molecule has 0 amide bonds. The summed E-state index contributed by atoms with van der Waals surface area (Å²) in [7, 11) is 0. The van der Waals surface area contributed by atoms with Crippen LogP contribution >= 0.6 is 11.6 Å². The molecule has 0 bridgehead atoms. The van der Waals surface area contributed by atoms with Gasteiger partial charge in [0.25, 0.3) is 0 Å². The van der Waals surface area contributed by atoms with Gasteiger partial charge in [-0.05, 0) is 31.4 Å². The zero-order valence-electron chi connectivity index (χ0n) is 10.7. The van der Waals surface area contributed by atoms with Gasteiger partial charge >= 0.3 is 0 Å². The maximum Gasteiger partial charge on any atom is 0.133 e. The summed E-state index contributed by atoms with van der Waals surface area (Å²) in [4.78, 5) is 6.77. The monoisotopic (exact) mass is 252 g/mol. The van der Waals surface area contributed by atoms with Crippen LogP contribution in [0.1, 0.15) is 44.7 Å². The van der Waals surface area contributed by atoms with Crippen LogP contribution in [0.3, 0.4) is 0 Å². The molecule has 1 aromatic rings. The van der Waals surface area contributed by atoms with E-state index in [0.29, 0.717) is 17.1 Å². The zero-order chi connectivity index (χ0) is 12.3. The number of hydrogen-bond donors (Lipinski definition) is 0. The maximum atomic E-state index is 6.22. The third-order valence-electron chi connectivity index (χ3n) is 3.36. The molecular formula is C14H21ClN2. The first-order valence-corrected chi connectivity index (χ1v) is 6.90. The van der Waals surface area contributed by atoms with Crippen LogP contribution in [0.2, 0.25) is 5.15 Å². The number of aromatic nitrogens is 1. The number of pyridine rings is 1. The second-order valence-corrected chi connectivity index (χ2v) is 5.64. The predicted molar refractivity (Wildman–Crippen MR) is 72.3 cm³/mol. The van der Waals surface area contributed by atoms with Crippen LogP contribution in [0.25, 0.3) is 0 Å². The number of nitrogens with zero attached hydrogens (tertiary/aromatic N) is 2. The molecule has 0 saturated carbocycles. The molecule has 1 atom stereocenters. The van der Waals surface area contributed by atoms with Gasteiger partial charge in [-0.3, -0.25) is 4.90 Å². The van der Waals surface area contributed by atoms with Crippen molar-refractivity contribution in [2.24, 2.45) is 5.92 Å². The van der Waals surface area contributed by atoms with Gasteiger partial charge < -0.3 is 0 Å². The molecule has 0 spiro atoms. The second-order valence-electron chi connectivity index (χ2n) is 5.28. The van der Waals surface area contributed by atoms with E-state index in [2.05, 4.69) is 29.8 Å². The Hall–Kier alpha value is -0.600. The highest BCUT2D eigenvalue weighted by Gasteiger charge is 2.26. The lowest BCUT2D eigenvalue weighted by Gasteiger charge is -2.37. The normalized spacial score (nSPS) is 22.0. The first-order chi connectivity index (χ1) is 8.18. The summed E-state index contributed by atoms with van der Waals surface area (Å²) in [6.45, 7) is 6.89. The van der Waals surface area contributed by atoms with Crippen molar-refractivity contribution in [1.29, 1.82) is 0 Å². The smallest absolute Gasteiger partial charge is 0.133 e. The van der Waals surface area contributed by atoms with Crippen LogP contribution in [0.5, 0.6) is 0 Å². The van der Waals surface area contributed by atoms with E-state index in [-0.39, 0.29) is 0 Å². The standard InChI is InChI=1S/C14H21ClN2/c1-11(2)10-17-9-4-3-7-13(17)12-6-5-8-16-14(12)15/h5-6,8,11,13H,3-4,7,9-10H2,1-2H3/t13-/m1/s1. The van der Waals surface area contributed by atoms with Gasteiger partial charge in [-0.25, -0.2) is 4.98 Å². The Bertz CT molecular complexity index is 365. The lowest BCUT2D eigenvalue weighted by atomic mass is 9.95. The van der Waals surface area contributed by atoms with E-state index in [0.717, 1.165) is 6.54 Å². The molecular weight excluding hydrogens is 232 g/mol. The largest absolute Gasteiger partial charge is 0.296 e. The van der Waals surface area contributed by atoms with E-state index in [9.17, 15) is 0 Å². The molecule has 1 aliphatic rings. The van der Waals surface area contributed by atoms with Crippen LogP contribution in [-0.4, -0.2) is 23.0 Å². The van der Waals surface area contributed by atoms with Gasteiger partial charge in [0, 0.05) is 24.3 Å². The molecule has 1 saturated heterocycles. The quantitative estimate of drug-likeness (QED) is 0.758. The van der Waals surface area contributed by atoms with E-state index in [1.807, 2.05) is 6.07 Å². The van der Waals surface area contributed by atoms with Crippen molar-refractivity contribution in [3.63, 3.8) is 0 Å². The van der Waals surface area contributed by atoms with E-state index in [4.69, 9.17) is 11.6 Å². The number of hydrogen-bond acceptors (Lipinski definition) is 2. The summed E-state index contributed by atoms with van der Waals surface area (Å²) in [6, 6.07) is 4.58. The van der Waals surface area contributed by atoms with Gasteiger partial charge in [-0.2, -0.15) is 0 Å². The molecule has 1 aliphatic heterocycles.